The van der Waals surface area contributed by atoms with Gasteiger partial charge in [-0.05, 0) is 24.6 Å². The van der Waals surface area contributed by atoms with Gasteiger partial charge >= 0.3 is 5.97 Å². The van der Waals surface area contributed by atoms with Crippen molar-refractivity contribution in [2.24, 2.45) is 0 Å². The standard InChI is InChI=1S/C18H15NO2/c1-12-6-5-7-13-10-11-16(19-17(12)13)14-8-3-4-9-15(14)18(20)21-2/h3-11H,1-2H3. The van der Waals surface area contributed by atoms with Crippen molar-refractivity contribution in [2.75, 3.05) is 7.11 Å². The molecule has 21 heavy (non-hydrogen) atoms. The number of rotatable bonds is 2. The number of fused-ring (bicyclic) bond motifs is 1. The number of hydrogen-bond acceptors (Lipinski definition) is 3. The van der Waals surface area contributed by atoms with Crippen LogP contribution in [0.5, 0.6) is 0 Å². The first-order valence-corrected chi connectivity index (χ1v) is 6.75. The van der Waals surface area contributed by atoms with Crippen molar-refractivity contribution in [3.05, 3.63) is 65.7 Å². The number of carbonyl (C=O) groups is 1. The van der Waals surface area contributed by atoms with Crippen LogP contribution in [-0.2, 0) is 4.74 Å². The van der Waals surface area contributed by atoms with Crippen LogP contribution in [0.15, 0.2) is 54.6 Å². The molecule has 104 valence electrons. The zero-order valence-corrected chi connectivity index (χ0v) is 12.0. The van der Waals surface area contributed by atoms with Crippen LogP contribution in [0.1, 0.15) is 15.9 Å². The molecule has 2 aromatic carbocycles. The lowest BCUT2D eigenvalue weighted by molar-refractivity contribution is 0.0601. The summed E-state index contributed by atoms with van der Waals surface area (Å²) in [4.78, 5) is 16.6. The Kier molecular flexibility index (Phi) is 3.40. The van der Waals surface area contributed by atoms with E-state index in [0.29, 0.717) is 5.56 Å². The highest BCUT2D eigenvalue weighted by molar-refractivity contribution is 5.97. The molecular formula is C18H15NO2. The number of ether oxygens (including phenoxy) is 1. The Morgan fingerprint density at radius 3 is 2.62 bits per heavy atom. The van der Waals surface area contributed by atoms with Gasteiger partial charge in [-0.15, -0.1) is 0 Å². The van der Waals surface area contributed by atoms with Gasteiger partial charge in [0.15, 0.2) is 0 Å². The molecule has 0 aliphatic rings. The van der Waals surface area contributed by atoms with Crippen LogP contribution in [0.2, 0.25) is 0 Å². The summed E-state index contributed by atoms with van der Waals surface area (Å²) in [6, 6.07) is 17.4. The second-order valence-corrected chi connectivity index (χ2v) is 4.88. The second kappa shape index (κ2) is 5.37. The minimum atomic E-state index is -0.350. The quantitative estimate of drug-likeness (QED) is 0.665. The van der Waals surface area contributed by atoms with E-state index in [0.717, 1.165) is 27.7 Å². The first-order valence-electron chi connectivity index (χ1n) is 6.75. The number of esters is 1. The third-order valence-corrected chi connectivity index (χ3v) is 3.53. The van der Waals surface area contributed by atoms with E-state index in [1.807, 2.05) is 55.5 Å². The van der Waals surface area contributed by atoms with Gasteiger partial charge in [0.2, 0.25) is 0 Å². The predicted molar refractivity (Wildman–Crippen MR) is 83.3 cm³/mol. The number of aryl methyl sites for hydroxylation is 1. The molecule has 0 amide bonds. The molecule has 0 aliphatic heterocycles. The maximum absolute atomic E-state index is 11.9. The third-order valence-electron chi connectivity index (χ3n) is 3.53. The lowest BCUT2D eigenvalue weighted by Crippen LogP contribution is -2.03. The van der Waals surface area contributed by atoms with Gasteiger partial charge in [-0.1, -0.05) is 42.5 Å². The number of nitrogens with zero attached hydrogens (tertiary/aromatic N) is 1. The third kappa shape index (κ3) is 2.38. The number of benzene rings is 2. The lowest BCUT2D eigenvalue weighted by atomic mass is 10.0. The van der Waals surface area contributed by atoms with Gasteiger partial charge in [-0.25, -0.2) is 9.78 Å². The number of pyridine rings is 1. The number of para-hydroxylation sites is 1. The Balaban J connectivity index is 2.22. The largest absolute Gasteiger partial charge is 0.465 e. The summed E-state index contributed by atoms with van der Waals surface area (Å²) >= 11 is 0. The number of methoxy groups -OCH3 is 1. The number of carbonyl (C=O) groups excluding carboxylic acids is 1. The van der Waals surface area contributed by atoms with Crippen LogP contribution in [-0.4, -0.2) is 18.1 Å². The topological polar surface area (TPSA) is 39.2 Å². The van der Waals surface area contributed by atoms with E-state index >= 15 is 0 Å². The monoisotopic (exact) mass is 277 g/mol. The Labute approximate surface area is 123 Å². The molecule has 0 radical (unpaired) electrons. The van der Waals surface area contributed by atoms with Gasteiger partial charge < -0.3 is 4.74 Å². The summed E-state index contributed by atoms with van der Waals surface area (Å²) in [7, 11) is 1.39. The van der Waals surface area contributed by atoms with E-state index in [1.54, 1.807) is 6.07 Å². The molecule has 3 aromatic rings. The van der Waals surface area contributed by atoms with E-state index in [4.69, 9.17) is 9.72 Å². The highest BCUT2D eigenvalue weighted by atomic mass is 16.5. The predicted octanol–water partition coefficient (Wildman–Crippen LogP) is 4.00. The van der Waals surface area contributed by atoms with Crippen molar-refractivity contribution in [3.63, 3.8) is 0 Å². The lowest BCUT2D eigenvalue weighted by Gasteiger charge is -2.09. The zero-order valence-electron chi connectivity index (χ0n) is 12.0. The Morgan fingerprint density at radius 1 is 1.00 bits per heavy atom. The highest BCUT2D eigenvalue weighted by Crippen LogP contribution is 2.26. The van der Waals surface area contributed by atoms with Crippen LogP contribution < -0.4 is 0 Å². The molecular weight excluding hydrogens is 262 g/mol. The Morgan fingerprint density at radius 2 is 1.81 bits per heavy atom. The maximum atomic E-state index is 11.9. The molecule has 3 rings (SSSR count). The van der Waals surface area contributed by atoms with Crippen molar-refractivity contribution in [1.29, 1.82) is 0 Å². The van der Waals surface area contributed by atoms with E-state index in [9.17, 15) is 4.79 Å². The molecule has 1 aromatic heterocycles. The molecule has 0 bridgehead atoms. The fourth-order valence-electron chi connectivity index (χ4n) is 2.44. The Bertz CT molecular complexity index is 824. The first kappa shape index (κ1) is 13.3. The van der Waals surface area contributed by atoms with Crippen molar-refractivity contribution in [3.8, 4) is 11.3 Å². The van der Waals surface area contributed by atoms with Crippen LogP contribution in [0, 0.1) is 6.92 Å². The second-order valence-electron chi connectivity index (χ2n) is 4.88. The van der Waals surface area contributed by atoms with Gasteiger partial charge in [0, 0.05) is 10.9 Å². The SMILES string of the molecule is COC(=O)c1ccccc1-c1ccc2cccc(C)c2n1. The summed E-state index contributed by atoms with van der Waals surface area (Å²) in [6.07, 6.45) is 0. The Hall–Kier alpha value is -2.68. The zero-order chi connectivity index (χ0) is 14.8. The molecule has 1 heterocycles. The summed E-state index contributed by atoms with van der Waals surface area (Å²) in [5, 5.41) is 1.09. The normalized spacial score (nSPS) is 10.6. The molecule has 0 saturated carbocycles. The summed E-state index contributed by atoms with van der Waals surface area (Å²) in [5.41, 5.74) is 4.16. The van der Waals surface area contributed by atoms with Crippen LogP contribution in [0.25, 0.3) is 22.2 Å². The summed E-state index contributed by atoms with van der Waals surface area (Å²) in [6.45, 7) is 2.03. The van der Waals surface area contributed by atoms with Crippen molar-refractivity contribution >= 4 is 16.9 Å². The number of hydrogen-bond donors (Lipinski definition) is 0. The van der Waals surface area contributed by atoms with E-state index in [-0.39, 0.29) is 5.97 Å². The summed E-state index contributed by atoms with van der Waals surface area (Å²) in [5.74, 6) is -0.350. The fraction of sp³-hybridized carbons (Fsp3) is 0.111. The van der Waals surface area contributed by atoms with Gasteiger partial charge in [0.1, 0.15) is 0 Å². The fourth-order valence-corrected chi connectivity index (χ4v) is 2.44. The molecule has 3 nitrogen and oxygen atoms in total. The van der Waals surface area contributed by atoms with Crippen LogP contribution in [0.3, 0.4) is 0 Å². The molecule has 0 spiro atoms. The van der Waals surface area contributed by atoms with Gasteiger partial charge in [0.05, 0.1) is 23.9 Å². The van der Waals surface area contributed by atoms with E-state index in [2.05, 4.69) is 0 Å². The van der Waals surface area contributed by atoms with Gasteiger partial charge in [-0.3, -0.25) is 0 Å². The van der Waals surface area contributed by atoms with E-state index < -0.39 is 0 Å². The first-order chi connectivity index (χ1) is 10.2. The van der Waals surface area contributed by atoms with E-state index in [1.165, 1.54) is 7.11 Å². The number of aromatic nitrogens is 1. The van der Waals surface area contributed by atoms with Gasteiger partial charge in [0.25, 0.3) is 0 Å². The highest BCUT2D eigenvalue weighted by Gasteiger charge is 2.13. The van der Waals surface area contributed by atoms with Crippen LogP contribution >= 0.6 is 0 Å². The molecule has 0 fully saturated rings. The van der Waals surface area contributed by atoms with Crippen molar-refractivity contribution in [2.45, 2.75) is 6.92 Å². The average Bonchev–Trinajstić information content (AvgIpc) is 2.54. The molecule has 0 unspecified atom stereocenters. The van der Waals surface area contributed by atoms with Crippen LogP contribution in [0.4, 0.5) is 0 Å². The summed E-state index contributed by atoms with van der Waals surface area (Å²) < 4.78 is 4.84. The molecule has 0 aliphatic carbocycles. The van der Waals surface area contributed by atoms with Crippen molar-refractivity contribution in [1.82, 2.24) is 4.98 Å². The minimum Gasteiger partial charge on any atom is -0.465 e. The molecule has 0 atom stereocenters. The molecule has 0 N–H and O–H groups in total. The maximum Gasteiger partial charge on any atom is 0.338 e. The minimum absolute atomic E-state index is 0.350. The van der Waals surface area contributed by atoms with Crippen molar-refractivity contribution < 1.29 is 9.53 Å². The smallest absolute Gasteiger partial charge is 0.338 e. The van der Waals surface area contributed by atoms with Gasteiger partial charge in [-0.2, -0.15) is 0 Å². The average molecular weight is 277 g/mol. The molecule has 0 saturated heterocycles. The molecule has 3 heteroatoms.